The first kappa shape index (κ1) is 19.1. The SMILES string of the molecule is CNC(=O)C(C)N(C(=O)NC)C([C]=O)C(=O)C=Cc1ccccc1. The van der Waals surface area contributed by atoms with Gasteiger partial charge in [-0.2, -0.15) is 0 Å². The van der Waals surface area contributed by atoms with Crippen molar-refractivity contribution in [3.05, 3.63) is 42.0 Å². The summed E-state index contributed by atoms with van der Waals surface area (Å²) in [5.41, 5.74) is 0.765. The van der Waals surface area contributed by atoms with Crippen LogP contribution in [0, 0.1) is 0 Å². The molecule has 2 atom stereocenters. The van der Waals surface area contributed by atoms with E-state index in [0.717, 1.165) is 10.5 Å². The summed E-state index contributed by atoms with van der Waals surface area (Å²) >= 11 is 0. The van der Waals surface area contributed by atoms with Crippen LogP contribution in [0.2, 0.25) is 0 Å². The Balaban J connectivity index is 3.06. The van der Waals surface area contributed by atoms with Crippen molar-refractivity contribution in [1.29, 1.82) is 0 Å². The molecule has 1 radical (unpaired) electrons. The molecule has 0 spiro atoms. The van der Waals surface area contributed by atoms with E-state index in [1.165, 1.54) is 33.2 Å². The molecule has 0 heterocycles. The van der Waals surface area contributed by atoms with Crippen LogP contribution in [-0.4, -0.2) is 55.1 Å². The van der Waals surface area contributed by atoms with E-state index in [0.29, 0.717) is 0 Å². The molecule has 0 saturated carbocycles. The number of rotatable bonds is 7. The smallest absolute Gasteiger partial charge is 0.318 e. The Labute approximate surface area is 140 Å². The number of amides is 3. The molecule has 127 valence electrons. The van der Waals surface area contributed by atoms with E-state index in [1.807, 2.05) is 6.07 Å². The summed E-state index contributed by atoms with van der Waals surface area (Å²) in [5.74, 6) is -1.15. The Morgan fingerprint density at radius 3 is 2.25 bits per heavy atom. The fourth-order valence-corrected chi connectivity index (χ4v) is 2.07. The number of nitrogens with one attached hydrogen (secondary N) is 2. The topological polar surface area (TPSA) is 95.6 Å². The minimum Gasteiger partial charge on any atom is -0.357 e. The van der Waals surface area contributed by atoms with Crippen LogP contribution in [0.4, 0.5) is 4.79 Å². The molecule has 0 fully saturated rings. The van der Waals surface area contributed by atoms with Gasteiger partial charge in [0, 0.05) is 14.1 Å². The van der Waals surface area contributed by atoms with Crippen molar-refractivity contribution in [3.8, 4) is 0 Å². The zero-order valence-electron chi connectivity index (χ0n) is 13.8. The lowest BCUT2D eigenvalue weighted by Crippen LogP contribution is -2.57. The molecule has 1 aromatic rings. The fourth-order valence-electron chi connectivity index (χ4n) is 2.07. The van der Waals surface area contributed by atoms with Gasteiger partial charge in [-0.15, -0.1) is 0 Å². The van der Waals surface area contributed by atoms with Crippen LogP contribution in [0.15, 0.2) is 36.4 Å². The second-order valence-electron chi connectivity index (χ2n) is 4.92. The number of likely N-dealkylation sites (N-methyl/N-ethyl adjacent to an activating group) is 1. The van der Waals surface area contributed by atoms with E-state index in [1.54, 1.807) is 30.6 Å². The van der Waals surface area contributed by atoms with E-state index in [2.05, 4.69) is 10.6 Å². The maximum Gasteiger partial charge on any atom is 0.318 e. The highest BCUT2D eigenvalue weighted by Gasteiger charge is 2.35. The third-order valence-electron chi connectivity index (χ3n) is 3.39. The average molecular weight is 330 g/mol. The lowest BCUT2D eigenvalue weighted by atomic mass is 10.1. The molecule has 24 heavy (non-hydrogen) atoms. The molecule has 0 aliphatic heterocycles. The van der Waals surface area contributed by atoms with Crippen LogP contribution in [0.3, 0.4) is 0 Å². The third kappa shape index (κ3) is 4.77. The number of ketones is 1. The summed E-state index contributed by atoms with van der Waals surface area (Å²) in [6.07, 6.45) is 4.27. The van der Waals surface area contributed by atoms with Crippen molar-refractivity contribution < 1.29 is 19.2 Å². The third-order valence-corrected chi connectivity index (χ3v) is 3.39. The van der Waals surface area contributed by atoms with E-state index >= 15 is 0 Å². The summed E-state index contributed by atoms with van der Waals surface area (Å²) in [4.78, 5) is 48.3. The Morgan fingerprint density at radius 2 is 1.75 bits per heavy atom. The van der Waals surface area contributed by atoms with E-state index in [4.69, 9.17) is 0 Å². The number of benzene rings is 1. The van der Waals surface area contributed by atoms with Gasteiger partial charge in [0.1, 0.15) is 6.04 Å². The fraction of sp³-hybridized carbons (Fsp3) is 0.294. The van der Waals surface area contributed by atoms with Gasteiger partial charge in [-0.3, -0.25) is 19.3 Å². The number of carbonyl (C=O) groups is 3. The van der Waals surface area contributed by atoms with Crippen molar-refractivity contribution in [2.75, 3.05) is 14.1 Å². The summed E-state index contributed by atoms with van der Waals surface area (Å²) in [6.45, 7) is 1.42. The van der Waals surface area contributed by atoms with Crippen LogP contribution >= 0.6 is 0 Å². The van der Waals surface area contributed by atoms with E-state index < -0.39 is 29.8 Å². The lowest BCUT2D eigenvalue weighted by Gasteiger charge is -2.30. The van der Waals surface area contributed by atoms with Crippen LogP contribution in [0.25, 0.3) is 6.08 Å². The van der Waals surface area contributed by atoms with Gasteiger partial charge < -0.3 is 10.6 Å². The van der Waals surface area contributed by atoms with Gasteiger partial charge in [-0.25, -0.2) is 4.79 Å². The van der Waals surface area contributed by atoms with E-state index in [9.17, 15) is 19.2 Å². The quantitative estimate of drug-likeness (QED) is 0.563. The van der Waals surface area contributed by atoms with Gasteiger partial charge in [-0.1, -0.05) is 36.4 Å². The number of nitrogens with zero attached hydrogens (tertiary/aromatic N) is 1. The summed E-state index contributed by atoms with van der Waals surface area (Å²) in [6, 6.07) is 5.75. The van der Waals surface area contributed by atoms with Crippen LogP contribution in [0.5, 0.6) is 0 Å². The summed E-state index contributed by atoms with van der Waals surface area (Å²) in [7, 11) is 2.75. The first-order chi connectivity index (χ1) is 11.5. The van der Waals surface area contributed by atoms with Crippen molar-refractivity contribution in [2.24, 2.45) is 0 Å². The molecule has 1 aromatic carbocycles. The minimum absolute atomic E-state index is 0.501. The predicted octanol–water partition coefficient (Wildman–Crippen LogP) is 0.523. The second-order valence-corrected chi connectivity index (χ2v) is 4.92. The minimum atomic E-state index is -1.52. The largest absolute Gasteiger partial charge is 0.357 e. The molecule has 2 unspecified atom stereocenters. The maximum atomic E-state index is 12.3. The zero-order valence-corrected chi connectivity index (χ0v) is 13.8. The van der Waals surface area contributed by atoms with Crippen LogP contribution in [0.1, 0.15) is 12.5 Å². The van der Waals surface area contributed by atoms with Crippen molar-refractivity contribution in [3.63, 3.8) is 0 Å². The normalized spacial score (nSPS) is 13.0. The molecule has 0 saturated heterocycles. The highest BCUT2D eigenvalue weighted by molar-refractivity contribution is 6.09. The van der Waals surface area contributed by atoms with E-state index in [-0.39, 0.29) is 0 Å². The molecule has 1 rings (SSSR count). The number of hydrogen-bond donors (Lipinski definition) is 2. The van der Waals surface area contributed by atoms with Gasteiger partial charge in [0.2, 0.25) is 12.2 Å². The maximum absolute atomic E-state index is 12.3. The molecule has 7 nitrogen and oxygen atoms in total. The first-order valence-corrected chi connectivity index (χ1v) is 7.32. The molecule has 2 N–H and O–H groups in total. The highest BCUT2D eigenvalue weighted by atomic mass is 16.2. The van der Waals surface area contributed by atoms with Crippen molar-refractivity contribution in [1.82, 2.24) is 15.5 Å². The van der Waals surface area contributed by atoms with Crippen molar-refractivity contribution in [2.45, 2.75) is 19.0 Å². The Hall–Kier alpha value is -2.96. The molecule has 7 heteroatoms. The second kappa shape index (κ2) is 9.24. The monoisotopic (exact) mass is 330 g/mol. The highest BCUT2D eigenvalue weighted by Crippen LogP contribution is 2.09. The van der Waals surface area contributed by atoms with Crippen molar-refractivity contribution >= 4 is 30.1 Å². The Kier molecular flexibility index (Phi) is 7.35. The van der Waals surface area contributed by atoms with Gasteiger partial charge in [-0.05, 0) is 18.6 Å². The molecule has 0 aromatic heterocycles. The summed E-state index contributed by atoms with van der Waals surface area (Å²) < 4.78 is 0. The molecule has 3 amide bonds. The number of urea groups is 1. The van der Waals surface area contributed by atoms with Gasteiger partial charge in [0.15, 0.2) is 11.8 Å². The Morgan fingerprint density at radius 1 is 1.12 bits per heavy atom. The van der Waals surface area contributed by atoms with Crippen LogP contribution < -0.4 is 10.6 Å². The van der Waals surface area contributed by atoms with Gasteiger partial charge in [0.25, 0.3) is 0 Å². The predicted molar refractivity (Wildman–Crippen MR) is 89.8 cm³/mol. The molecule has 0 bridgehead atoms. The average Bonchev–Trinajstić information content (AvgIpc) is 2.62. The van der Waals surface area contributed by atoms with Gasteiger partial charge in [0.05, 0.1) is 0 Å². The standard InChI is InChI=1S/C17H20N3O4/c1-12(16(23)18-2)20(17(24)19-3)14(11-21)15(22)10-9-13-7-5-4-6-8-13/h4-10,12,14H,1-3H3,(H,18,23)(H,19,24). The Bertz CT molecular complexity index is 628. The zero-order chi connectivity index (χ0) is 18.1. The molecular weight excluding hydrogens is 310 g/mol. The lowest BCUT2D eigenvalue weighted by molar-refractivity contribution is -0.126. The first-order valence-electron chi connectivity index (χ1n) is 7.32. The van der Waals surface area contributed by atoms with Gasteiger partial charge >= 0.3 is 6.03 Å². The number of carbonyl (C=O) groups excluding carboxylic acids is 4. The van der Waals surface area contributed by atoms with Crippen LogP contribution in [-0.2, 0) is 14.4 Å². The molecular formula is C17H20N3O4. The molecule has 0 aliphatic carbocycles. The number of hydrogen-bond acceptors (Lipinski definition) is 4. The molecule has 0 aliphatic rings. The summed E-state index contributed by atoms with van der Waals surface area (Å²) in [5, 5.41) is 4.70.